The third kappa shape index (κ3) is 2.43. The maximum absolute atomic E-state index is 9.81. The Labute approximate surface area is 83.3 Å². The summed E-state index contributed by atoms with van der Waals surface area (Å²) in [6.45, 7) is 3.33. The summed E-state index contributed by atoms with van der Waals surface area (Å²) in [6, 6.07) is 3.48. The van der Waals surface area contributed by atoms with E-state index in [4.69, 9.17) is 4.74 Å². The molecule has 0 aromatic carbocycles. The van der Waals surface area contributed by atoms with E-state index in [1.165, 1.54) is 19.5 Å². The van der Waals surface area contributed by atoms with Gasteiger partial charge in [-0.1, -0.05) is 0 Å². The van der Waals surface area contributed by atoms with Gasteiger partial charge in [-0.3, -0.25) is 5.21 Å². The Morgan fingerprint density at radius 2 is 2.14 bits per heavy atom. The molecule has 0 saturated heterocycles. The van der Waals surface area contributed by atoms with Crippen molar-refractivity contribution >= 4 is 0 Å². The topological polar surface area (TPSA) is 53.6 Å². The van der Waals surface area contributed by atoms with Crippen LogP contribution in [0.2, 0.25) is 0 Å². The van der Waals surface area contributed by atoms with Crippen molar-refractivity contribution in [2.45, 2.75) is 25.6 Å². The Hall–Kier alpha value is -1.13. The van der Waals surface area contributed by atoms with E-state index in [1.54, 1.807) is 26.0 Å². The summed E-state index contributed by atoms with van der Waals surface area (Å²) in [6.07, 6.45) is 2.55. The molecule has 1 unspecified atom stereocenters. The number of pyridine rings is 1. The van der Waals surface area contributed by atoms with Crippen LogP contribution in [-0.4, -0.2) is 23.0 Å². The van der Waals surface area contributed by atoms with E-state index in [0.717, 1.165) is 10.3 Å². The van der Waals surface area contributed by atoms with Crippen molar-refractivity contribution in [3.8, 4) is 0 Å². The van der Waals surface area contributed by atoms with Crippen molar-refractivity contribution in [2.75, 3.05) is 7.11 Å². The third-order valence-corrected chi connectivity index (χ3v) is 1.99. The van der Waals surface area contributed by atoms with Crippen LogP contribution < -0.4 is 4.73 Å². The summed E-state index contributed by atoms with van der Waals surface area (Å²) in [5.41, 5.74) is -0.256. The highest BCUT2D eigenvalue weighted by Crippen LogP contribution is 2.27. The Morgan fingerprint density at radius 1 is 1.50 bits per heavy atom. The molecule has 0 saturated carbocycles. The molecule has 0 fully saturated rings. The maximum atomic E-state index is 9.81. The number of hydrogen-bond donors (Lipinski definition) is 2. The van der Waals surface area contributed by atoms with Gasteiger partial charge < -0.3 is 9.84 Å². The number of hydrogen-bond acceptors (Lipinski definition) is 3. The maximum Gasteiger partial charge on any atom is 0.228 e. The molecule has 78 valence electrons. The van der Waals surface area contributed by atoms with E-state index in [1.807, 2.05) is 0 Å². The highest BCUT2D eigenvalue weighted by molar-refractivity contribution is 5.12. The van der Waals surface area contributed by atoms with Crippen molar-refractivity contribution in [2.24, 2.45) is 0 Å². The van der Waals surface area contributed by atoms with Crippen LogP contribution in [0.1, 0.15) is 25.5 Å². The number of ether oxygens (including phenoxy) is 1. The monoisotopic (exact) mass is 198 g/mol. The van der Waals surface area contributed by atoms with E-state index in [9.17, 15) is 10.3 Å². The third-order valence-electron chi connectivity index (χ3n) is 1.99. The molecule has 1 aromatic heterocycles. The number of rotatable bonds is 3. The molecule has 0 radical (unpaired) electrons. The summed E-state index contributed by atoms with van der Waals surface area (Å²) in [5.74, 6) is 0. The molecule has 1 rings (SSSR count). The Balaban J connectivity index is 3.01. The predicted molar refractivity (Wildman–Crippen MR) is 49.9 cm³/mol. The van der Waals surface area contributed by atoms with Crippen LogP contribution in [0.15, 0.2) is 24.5 Å². The SMILES string of the molecule is COC(c1ccc[n+](O)c1)C(C)(C)O. The molecule has 0 bridgehead atoms. The molecule has 1 atom stereocenters. The lowest BCUT2D eigenvalue weighted by molar-refractivity contribution is -0.905. The summed E-state index contributed by atoms with van der Waals surface area (Å²) in [5, 5.41) is 19.0. The summed E-state index contributed by atoms with van der Waals surface area (Å²) in [4.78, 5) is 0. The summed E-state index contributed by atoms with van der Waals surface area (Å²) in [7, 11) is 1.53. The number of aromatic nitrogens is 1. The molecule has 1 aromatic rings. The Morgan fingerprint density at radius 3 is 2.57 bits per heavy atom. The molecule has 0 aliphatic carbocycles. The minimum absolute atomic E-state index is 0.456. The van der Waals surface area contributed by atoms with Gasteiger partial charge in [-0.05, 0) is 19.9 Å². The molecule has 14 heavy (non-hydrogen) atoms. The first-order valence-corrected chi connectivity index (χ1v) is 4.41. The average molecular weight is 198 g/mol. The van der Waals surface area contributed by atoms with Gasteiger partial charge in [-0.15, -0.1) is 0 Å². The van der Waals surface area contributed by atoms with Crippen molar-refractivity contribution in [1.29, 1.82) is 0 Å². The Bertz CT molecular complexity index is 306. The zero-order valence-electron chi connectivity index (χ0n) is 8.64. The zero-order chi connectivity index (χ0) is 10.8. The lowest BCUT2D eigenvalue weighted by Gasteiger charge is -2.26. The van der Waals surface area contributed by atoms with E-state index in [2.05, 4.69) is 0 Å². The second-order valence-corrected chi connectivity index (χ2v) is 3.79. The fraction of sp³-hybridized carbons (Fsp3) is 0.500. The van der Waals surface area contributed by atoms with E-state index in [0.29, 0.717) is 0 Å². The minimum Gasteiger partial charge on any atom is -0.387 e. The fourth-order valence-electron chi connectivity index (χ4n) is 1.47. The minimum atomic E-state index is -0.983. The smallest absolute Gasteiger partial charge is 0.228 e. The van der Waals surface area contributed by atoms with Crippen molar-refractivity contribution in [1.82, 2.24) is 0 Å². The van der Waals surface area contributed by atoms with E-state index in [-0.39, 0.29) is 0 Å². The quantitative estimate of drug-likeness (QED) is 0.554. The van der Waals surface area contributed by atoms with Crippen LogP contribution in [0.4, 0.5) is 0 Å². The van der Waals surface area contributed by atoms with E-state index < -0.39 is 11.7 Å². The molecule has 4 heteroatoms. The summed E-state index contributed by atoms with van der Waals surface area (Å²) < 4.78 is 6.12. The normalized spacial score (nSPS) is 14.0. The second-order valence-electron chi connectivity index (χ2n) is 3.79. The van der Waals surface area contributed by atoms with Gasteiger partial charge in [0.25, 0.3) is 0 Å². The largest absolute Gasteiger partial charge is 0.387 e. The van der Waals surface area contributed by atoms with Gasteiger partial charge in [0.05, 0.1) is 11.2 Å². The Kier molecular flexibility index (Phi) is 3.08. The van der Waals surface area contributed by atoms with Crippen LogP contribution in [0.25, 0.3) is 0 Å². The lowest BCUT2D eigenvalue weighted by atomic mass is 9.96. The average Bonchev–Trinajstić information content (AvgIpc) is 2.02. The van der Waals surface area contributed by atoms with Gasteiger partial charge in [-0.2, -0.15) is 0 Å². The van der Waals surface area contributed by atoms with Crippen LogP contribution in [0, 0.1) is 0 Å². The standard InChI is InChI=1S/C10H16NO3/c1-10(2,12)9(14-3)8-5-4-6-11(13)7-8/h4-7,9,12-13H,1-3H3/q+1. The van der Waals surface area contributed by atoms with Crippen LogP contribution in [-0.2, 0) is 4.74 Å². The first-order chi connectivity index (χ1) is 6.45. The first-order valence-electron chi connectivity index (χ1n) is 4.41. The van der Waals surface area contributed by atoms with Gasteiger partial charge in [0.15, 0.2) is 0 Å². The predicted octanol–water partition coefficient (Wildman–Crippen LogP) is 0.670. The second kappa shape index (κ2) is 3.94. The molecule has 0 amide bonds. The van der Waals surface area contributed by atoms with Gasteiger partial charge in [0, 0.05) is 17.9 Å². The van der Waals surface area contributed by atoms with Crippen LogP contribution >= 0.6 is 0 Å². The highest BCUT2D eigenvalue weighted by atomic mass is 16.5. The van der Waals surface area contributed by atoms with Crippen molar-refractivity contribution in [3.63, 3.8) is 0 Å². The number of methoxy groups -OCH3 is 1. The molecule has 0 spiro atoms. The molecule has 4 nitrogen and oxygen atoms in total. The molecular weight excluding hydrogens is 182 g/mol. The molecule has 0 aliphatic rings. The van der Waals surface area contributed by atoms with Gasteiger partial charge in [0.1, 0.15) is 6.10 Å². The van der Waals surface area contributed by atoms with Gasteiger partial charge in [0.2, 0.25) is 12.4 Å². The molecule has 1 heterocycles. The zero-order valence-corrected chi connectivity index (χ0v) is 8.64. The molecular formula is C10H16NO3+. The van der Waals surface area contributed by atoms with Crippen molar-refractivity contribution < 1.29 is 19.8 Å². The van der Waals surface area contributed by atoms with Crippen LogP contribution in [0.5, 0.6) is 0 Å². The highest BCUT2D eigenvalue weighted by Gasteiger charge is 2.30. The summed E-state index contributed by atoms with van der Waals surface area (Å²) >= 11 is 0. The van der Waals surface area contributed by atoms with Gasteiger partial charge >= 0.3 is 0 Å². The fourth-order valence-corrected chi connectivity index (χ4v) is 1.47. The molecule has 0 aliphatic heterocycles. The lowest BCUT2D eigenvalue weighted by Crippen LogP contribution is -2.34. The van der Waals surface area contributed by atoms with Crippen molar-refractivity contribution in [3.05, 3.63) is 30.1 Å². The van der Waals surface area contributed by atoms with E-state index >= 15 is 0 Å². The van der Waals surface area contributed by atoms with Crippen LogP contribution in [0.3, 0.4) is 0 Å². The number of aliphatic hydroxyl groups is 1. The van der Waals surface area contributed by atoms with Gasteiger partial charge in [-0.25, -0.2) is 0 Å². The first kappa shape index (κ1) is 10.9. The molecule has 2 N–H and O–H groups in total. The number of nitrogens with zero attached hydrogens (tertiary/aromatic N) is 1.